The van der Waals surface area contributed by atoms with Gasteiger partial charge >= 0.3 is 6.03 Å². The molecule has 26 heavy (non-hydrogen) atoms. The van der Waals surface area contributed by atoms with Crippen LogP contribution in [-0.2, 0) is 0 Å². The minimum Gasteiger partial charge on any atom is -0.351 e. The molecule has 0 aliphatic carbocycles. The number of primary amides is 1. The molecule has 0 unspecified atom stereocenters. The van der Waals surface area contributed by atoms with Crippen LogP contribution in [0.2, 0.25) is 0 Å². The molecular formula is C18H19N5O2S. The second kappa shape index (κ2) is 7.99. The van der Waals surface area contributed by atoms with E-state index in [1.165, 1.54) is 11.3 Å². The van der Waals surface area contributed by atoms with E-state index in [1.54, 1.807) is 18.2 Å². The molecule has 1 atom stereocenters. The van der Waals surface area contributed by atoms with Crippen molar-refractivity contribution in [2.45, 2.75) is 18.9 Å². The molecule has 1 saturated heterocycles. The molecule has 0 spiro atoms. The van der Waals surface area contributed by atoms with Gasteiger partial charge in [-0.25, -0.2) is 4.79 Å². The van der Waals surface area contributed by atoms with Crippen molar-refractivity contribution in [2.24, 2.45) is 5.73 Å². The number of benzene rings is 1. The minimum absolute atomic E-state index is 0.0677. The number of urea groups is 1. The minimum atomic E-state index is -0.720. The molecule has 2 heterocycles. The van der Waals surface area contributed by atoms with Crippen molar-refractivity contribution in [2.75, 3.05) is 18.4 Å². The molecule has 3 rings (SSSR count). The first kappa shape index (κ1) is 17.9. The van der Waals surface area contributed by atoms with E-state index in [1.807, 2.05) is 12.1 Å². The quantitative estimate of drug-likeness (QED) is 0.660. The Labute approximate surface area is 155 Å². The van der Waals surface area contributed by atoms with E-state index >= 15 is 0 Å². The summed E-state index contributed by atoms with van der Waals surface area (Å²) in [6, 6.07) is 10.2. The van der Waals surface area contributed by atoms with Gasteiger partial charge in [0.15, 0.2) is 0 Å². The number of thiophene rings is 1. The number of nitrogens with zero attached hydrogens (tertiary/aromatic N) is 1. The van der Waals surface area contributed by atoms with Crippen LogP contribution in [0.1, 0.15) is 28.1 Å². The molecule has 1 aliphatic heterocycles. The van der Waals surface area contributed by atoms with Gasteiger partial charge in [-0.1, -0.05) is 12.1 Å². The van der Waals surface area contributed by atoms with Crippen molar-refractivity contribution in [1.29, 1.82) is 5.26 Å². The summed E-state index contributed by atoms with van der Waals surface area (Å²) in [5.74, 6) is -0.229. The van der Waals surface area contributed by atoms with Crippen molar-refractivity contribution in [3.63, 3.8) is 0 Å². The van der Waals surface area contributed by atoms with Crippen LogP contribution in [0.3, 0.4) is 0 Å². The largest absolute Gasteiger partial charge is 0.351 e. The number of amides is 3. The van der Waals surface area contributed by atoms with Gasteiger partial charge in [0.25, 0.3) is 5.91 Å². The Bertz CT molecular complexity index is 847. The average molecular weight is 369 g/mol. The summed E-state index contributed by atoms with van der Waals surface area (Å²) < 4.78 is 0. The molecule has 0 radical (unpaired) electrons. The first-order valence-corrected chi connectivity index (χ1v) is 9.11. The standard InChI is InChI=1S/C18H19N5O2S/c19-9-11-3-5-12(6-4-11)15-8-14(23-18(20)25)16(26-15)17(24)22-13-2-1-7-21-10-13/h3-6,8,13,21H,1-2,7,10H2,(H,22,24)(H3,20,23,25)/t13-/m0/s1. The Morgan fingerprint density at radius 2 is 2.08 bits per heavy atom. The monoisotopic (exact) mass is 369 g/mol. The lowest BCUT2D eigenvalue weighted by Crippen LogP contribution is -2.45. The van der Waals surface area contributed by atoms with Crippen molar-refractivity contribution in [3.05, 3.63) is 40.8 Å². The third-order valence-electron chi connectivity index (χ3n) is 4.13. The molecule has 5 N–H and O–H groups in total. The third-order valence-corrected chi connectivity index (χ3v) is 5.31. The molecule has 7 nitrogen and oxygen atoms in total. The SMILES string of the molecule is N#Cc1ccc(-c2cc(NC(N)=O)c(C(=O)N[C@H]3CCCNC3)s2)cc1. The number of hydrogen-bond acceptors (Lipinski definition) is 5. The maximum atomic E-state index is 12.7. The van der Waals surface area contributed by atoms with Crippen molar-refractivity contribution < 1.29 is 9.59 Å². The molecule has 1 fully saturated rings. The predicted molar refractivity (Wildman–Crippen MR) is 101 cm³/mol. The zero-order valence-corrected chi connectivity index (χ0v) is 14.9. The number of nitrogens with one attached hydrogen (secondary N) is 3. The van der Waals surface area contributed by atoms with Crippen molar-refractivity contribution in [3.8, 4) is 16.5 Å². The van der Waals surface area contributed by atoms with Crippen LogP contribution in [0.25, 0.3) is 10.4 Å². The zero-order chi connectivity index (χ0) is 18.5. The Morgan fingerprint density at radius 1 is 1.31 bits per heavy atom. The molecule has 0 bridgehead atoms. The number of anilines is 1. The lowest BCUT2D eigenvalue weighted by Gasteiger charge is -2.23. The molecular weight excluding hydrogens is 350 g/mol. The van der Waals surface area contributed by atoms with Crippen molar-refractivity contribution >= 4 is 29.0 Å². The van der Waals surface area contributed by atoms with Gasteiger partial charge in [0.05, 0.1) is 17.3 Å². The molecule has 1 aromatic heterocycles. The van der Waals surface area contributed by atoms with Gasteiger partial charge in [-0.15, -0.1) is 11.3 Å². The number of nitrogens with two attached hydrogens (primary N) is 1. The van der Waals surface area contributed by atoms with Crippen LogP contribution < -0.4 is 21.7 Å². The van der Waals surface area contributed by atoms with Gasteiger partial charge in [0.1, 0.15) is 4.88 Å². The first-order valence-electron chi connectivity index (χ1n) is 8.29. The highest BCUT2D eigenvalue weighted by molar-refractivity contribution is 7.18. The Balaban J connectivity index is 1.86. The Hall–Kier alpha value is -2.89. The lowest BCUT2D eigenvalue weighted by atomic mass is 10.1. The fourth-order valence-electron chi connectivity index (χ4n) is 2.86. The maximum Gasteiger partial charge on any atom is 0.316 e. The summed E-state index contributed by atoms with van der Waals surface area (Å²) in [7, 11) is 0. The summed E-state index contributed by atoms with van der Waals surface area (Å²) in [5.41, 5.74) is 7.05. The van der Waals surface area contributed by atoms with E-state index in [0.717, 1.165) is 36.4 Å². The first-order chi connectivity index (χ1) is 12.6. The van der Waals surface area contributed by atoms with Crippen LogP contribution in [0.4, 0.5) is 10.5 Å². The maximum absolute atomic E-state index is 12.7. The third kappa shape index (κ3) is 4.20. The van der Waals surface area contributed by atoms with Crippen LogP contribution in [0.5, 0.6) is 0 Å². The van der Waals surface area contributed by atoms with E-state index in [2.05, 4.69) is 22.0 Å². The molecule has 1 aliphatic rings. The normalized spacial score (nSPS) is 16.5. The second-order valence-corrected chi connectivity index (χ2v) is 7.10. The van der Waals surface area contributed by atoms with E-state index in [0.29, 0.717) is 16.1 Å². The van der Waals surface area contributed by atoms with Gasteiger partial charge in [-0.2, -0.15) is 5.26 Å². The van der Waals surface area contributed by atoms with Crippen LogP contribution in [-0.4, -0.2) is 31.1 Å². The summed E-state index contributed by atoms with van der Waals surface area (Å²) in [5, 5.41) is 17.7. The van der Waals surface area contributed by atoms with E-state index in [4.69, 9.17) is 11.0 Å². The van der Waals surface area contributed by atoms with E-state index in [9.17, 15) is 9.59 Å². The molecule has 3 amide bonds. The number of hydrogen-bond donors (Lipinski definition) is 4. The van der Waals surface area contributed by atoms with Gasteiger partial charge in [-0.05, 0) is 43.1 Å². The molecule has 0 saturated carbocycles. The highest BCUT2D eigenvalue weighted by Crippen LogP contribution is 2.35. The topological polar surface area (TPSA) is 120 Å². The van der Waals surface area contributed by atoms with Crippen LogP contribution in [0, 0.1) is 11.3 Å². The lowest BCUT2D eigenvalue weighted by molar-refractivity contribution is 0.0935. The summed E-state index contributed by atoms with van der Waals surface area (Å²) >= 11 is 1.28. The summed E-state index contributed by atoms with van der Waals surface area (Å²) in [6.07, 6.45) is 1.93. The highest BCUT2D eigenvalue weighted by Gasteiger charge is 2.22. The molecule has 8 heteroatoms. The number of carbonyl (C=O) groups is 2. The van der Waals surface area contributed by atoms with Crippen LogP contribution >= 0.6 is 11.3 Å². The van der Waals surface area contributed by atoms with Gasteiger partial charge in [-0.3, -0.25) is 4.79 Å². The highest BCUT2D eigenvalue weighted by atomic mass is 32.1. The number of piperidine rings is 1. The Morgan fingerprint density at radius 3 is 2.69 bits per heavy atom. The summed E-state index contributed by atoms with van der Waals surface area (Å²) in [4.78, 5) is 25.2. The molecule has 1 aromatic carbocycles. The number of rotatable bonds is 4. The number of carbonyl (C=O) groups excluding carboxylic acids is 2. The average Bonchev–Trinajstić information content (AvgIpc) is 3.06. The predicted octanol–water partition coefficient (Wildman–Crippen LogP) is 2.26. The van der Waals surface area contributed by atoms with E-state index < -0.39 is 6.03 Å². The van der Waals surface area contributed by atoms with Gasteiger partial charge in [0, 0.05) is 17.5 Å². The van der Waals surface area contributed by atoms with Crippen molar-refractivity contribution in [1.82, 2.24) is 10.6 Å². The van der Waals surface area contributed by atoms with Gasteiger partial charge in [0.2, 0.25) is 0 Å². The molecule has 134 valence electrons. The fraction of sp³-hybridized carbons (Fsp3) is 0.278. The summed E-state index contributed by atoms with van der Waals surface area (Å²) in [6.45, 7) is 1.70. The van der Waals surface area contributed by atoms with Gasteiger partial charge < -0.3 is 21.7 Å². The fourth-order valence-corrected chi connectivity index (χ4v) is 3.88. The molecule has 2 aromatic rings. The smallest absolute Gasteiger partial charge is 0.316 e. The van der Waals surface area contributed by atoms with E-state index in [-0.39, 0.29) is 11.9 Å². The Kier molecular flexibility index (Phi) is 5.51. The number of nitriles is 1. The zero-order valence-electron chi connectivity index (χ0n) is 14.0. The van der Waals surface area contributed by atoms with Crippen LogP contribution in [0.15, 0.2) is 30.3 Å². The second-order valence-electron chi connectivity index (χ2n) is 6.05.